The lowest BCUT2D eigenvalue weighted by atomic mass is 9.89. The first-order valence-corrected chi connectivity index (χ1v) is 6.92. The van der Waals surface area contributed by atoms with E-state index in [0.29, 0.717) is 23.0 Å². The number of hydrogen-bond acceptors (Lipinski definition) is 2. The maximum atomic E-state index is 11.7. The van der Waals surface area contributed by atoms with E-state index in [1.807, 2.05) is 0 Å². The van der Waals surface area contributed by atoms with Gasteiger partial charge in [0, 0.05) is 23.0 Å². The predicted molar refractivity (Wildman–Crippen MR) is 79.2 cm³/mol. The Hall–Kier alpha value is -1.26. The summed E-state index contributed by atoms with van der Waals surface area (Å²) in [6, 6.07) is 5.18. The fraction of sp³-hybridized carbons (Fsp3) is 0.429. The Kier molecular flexibility index (Phi) is 5.84. The highest BCUT2D eigenvalue weighted by Crippen LogP contribution is 2.22. The minimum Gasteiger partial charge on any atom is -0.481 e. The fourth-order valence-corrected chi connectivity index (χ4v) is 2.10. The van der Waals surface area contributed by atoms with Crippen molar-refractivity contribution >= 4 is 35.1 Å². The number of aliphatic carboxylic acids is 1. The van der Waals surface area contributed by atoms with Crippen molar-refractivity contribution in [3.63, 3.8) is 0 Å². The maximum absolute atomic E-state index is 11.7. The van der Waals surface area contributed by atoms with Gasteiger partial charge in [-0.2, -0.15) is 0 Å². The summed E-state index contributed by atoms with van der Waals surface area (Å²) in [6.07, 6.45) is 0.506. The number of carboxylic acid groups (broad SMARTS) is 1. The summed E-state index contributed by atoms with van der Waals surface area (Å²) in [5.74, 6) is -1.28. The molecule has 0 heterocycles. The van der Waals surface area contributed by atoms with Crippen molar-refractivity contribution < 1.29 is 14.7 Å². The number of carbonyl (C=O) groups is 2. The molecule has 2 N–H and O–H groups in total. The Bertz CT molecular complexity index is 515. The molecule has 6 heteroatoms. The zero-order valence-electron chi connectivity index (χ0n) is 11.4. The minimum atomic E-state index is -1.07. The van der Waals surface area contributed by atoms with Gasteiger partial charge in [-0.15, -0.1) is 0 Å². The Morgan fingerprint density at radius 3 is 2.50 bits per heavy atom. The van der Waals surface area contributed by atoms with Crippen LogP contribution in [0.1, 0.15) is 25.8 Å². The average molecular weight is 318 g/mol. The van der Waals surface area contributed by atoms with Crippen LogP contribution in [0.2, 0.25) is 10.0 Å². The lowest BCUT2D eigenvalue weighted by Gasteiger charge is -2.18. The van der Waals surface area contributed by atoms with Gasteiger partial charge in [0.15, 0.2) is 0 Å². The monoisotopic (exact) mass is 317 g/mol. The summed E-state index contributed by atoms with van der Waals surface area (Å²) in [6.45, 7) is 3.44. The van der Waals surface area contributed by atoms with E-state index in [9.17, 15) is 9.59 Å². The summed E-state index contributed by atoms with van der Waals surface area (Å²) >= 11 is 11.8. The Balaban J connectivity index is 2.45. The second-order valence-electron chi connectivity index (χ2n) is 5.20. The Morgan fingerprint density at radius 1 is 1.30 bits per heavy atom. The van der Waals surface area contributed by atoms with Crippen LogP contribution in [0.4, 0.5) is 0 Å². The van der Waals surface area contributed by atoms with Crippen molar-refractivity contribution in [1.29, 1.82) is 0 Å². The molecule has 0 unspecified atom stereocenters. The maximum Gasteiger partial charge on any atom is 0.309 e. The number of carboxylic acids is 1. The van der Waals surface area contributed by atoms with Crippen molar-refractivity contribution in [3.8, 4) is 0 Å². The average Bonchev–Trinajstić information content (AvgIpc) is 2.31. The van der Waals surface area contributed by atoms with E-state index in [-0.39, 0.29) is 12.3 Å². The molecule has 20 heavy (non-hydrogen) atoms. The molecule has 1 aromatic rings. The molecule has 0 aliphatic heterocycles. The van der Waals surface area contributed by atoms with Gasteiger partial charge < -0.3 is 10.4 Å². The van der Waals surface area contributed by atoms with Gasteiger partial charge in [-0.25, -0.2) is 0 Å². The van der Waals surface area contributed by atoms with Crippen LogP contribution in [-0.2, 0) is 16.0 Å². The van der Waals surface area contributed by atoms with Crippen LogP contribution in [0.5, 0.6) is 0 Å². The zero-order valence-corrected chi connectivity index (χ0v) is 12.9. The number of halogens is 2. The molecule has 1 amide bonds. The third kappa shape index (κ3) is 5.02. The summed E-state index contributed by atoms with van der Waals surface area (Å²) in [4.78, 5) is 22.6. The molecule has 0 radical (unpaired) electrons. The highest BCUT2D eigenvalue weighted by atomic mass is 35.5. The molecule has 110 valence electrons. The molecule has 1 rings (SSSR count). The van der Waals surface area contributed by atoms with E-state index in [4.69, 9.17) is 28.3 Å². The molecular weight excluding hydrogens is 301 g/mol. The zero-order chi connectivity index (χ0) is 15.3. The first kappa shape index (κ1) is 16.8. The molecule has 0 bridgehead atoms. The van der Waals surface area contributed by atoms with Crippen LogP contribution in [0.15, 0.2) is 18.2 Å². The molecule has 0 spiro atoms. The van der Waals surface area contributed by atoms with Crippen molar-refractivity contribution in [2.24, 2.45) is 5.41 Å². The van der Waals surface area contributed by atoms with E-state index in [2.05, 4.69) is 5.32 Å². The smallest absolute Gasteiger partial charge is 0.309 e. The third-order valence-corrected chi connectivity index (χ3v) is 3.50. The quantitative estimate of drug-likeness (QED) is 0.847. The van der Waals surface area contributed by atoms with Crippen LogP contribution in [0.3, 0.4) is 0 Å². The van der Waals surface area contributed by atoms with Crippen molar-refractivity contribution in [2.45, 2.75) is 26.7 Å². The first-order valence-electron chi connectivity index (χ1n) is 6.16. The van der Waals surface area contributed by atoms with E-state index in [0.717, 1.165) is 5.56 Å². The van der Waals surface area contributed by atoms with Crippen molar-refractivity contribution in [1.82, 2.24) is 5.32 Å². The molecule has 0 aromatic heterocycles. The molecule has 0 saturated carbocycles. The highest BCUT2D eigenvalue weighted by Gasteiger charge is 2.29. The van der Waals surface area contributed by atoms with E-state index >= 15 is 0 Å². The number of benzene rings is 1. The van der Waals surface area contributed by atoms with Gasteiger partial charge in [0.1, 0.15) is 0 Å². The van der Waals surface area contributed by atoms with Crippen LogP contribution in [-0.4, -0.2) is 23.5 Å². The SMILES string of the molecule is CC(C)(CC(=O)NCCc1ccc(Cl)cc1Cl)C(=O)O. The lowest BCUT2D eigenvalue weighted by molar-refractivity contribution is -0.149. The molecule has 4 nitrogen and oxygen atoms in total. The summed E-state index contributed by atoms with van der Waals surface area (Å²) < 4.78 is 0. The van der Waals surface area contributed by atoms with Gasteiger partial charge in [0.2, 0.25) is 5.91 Å². The molecule has 0 saturated heterocycles. The topological polar surface area (TPSA) is 66.4 Å². The van der Waals surface area contributed by atoms with Gasteiger partial charge in [0.05, 0.1) is 5.41 Å². The van der Waals surface area contributed by atoms with Gasteiger partial charge in [-0.1, -0.05) is 29.3 Å². The van der Waals surface area contributed by atoms with E-state index in [1.165, 1.54) is 13.8 Å². The first-order chi connectivity index (χ1) is 9.22. The predicted octanol–water partition coefficient (Wildman–Crippen LogP) is 3.15. The van der Waals surface area contributed by atoms with Crippen molar-refractivity contribution in [3.05, 3.63) is 33.8 Å². The molecule has 0 aliphatic carbocycles. The highest BCUT2D eigenvalue weighted by molar-refractivity contribution is 6.35. The van der Waals surface area contributed by atoms with Crippen LogP contribution in [0, 0.1) is 5.41 Å². The molecule has 1 aromatic carbocycles. The number of hydrogen-bond donors (Lipinski definition) is 2. The largest absolute Gasteiger partial charge is 0.481 e. The molecule has 0 atom stereocenters. The van der Waals surface area contributed by atoms with Crippen LogP contribution in [0.25, 0.3) is 0 Å². The normalized spacial score (nSPS) is 11.2. The van der Waals surface area contributed by atoms with Crippen LogP contribution >= 0.6 is 23.2 Å². The summed E-state index contributed by atoms with van der Waals surface area (Å²) in [5.41, 5.74) is -0.184. The number of rotatable bonds is 6. The van der Waals surface area contributed by atoms with Gasteiger partial charge in [-0.05, 0) is 38.0 Å². The fourth-order valence-electron chi connectivity index (χ4n) is 1.60. The lowest BCUT2D eigenvalue weighted by Crippen LogP contribution is -2.34. The summed E-state index contributed by atoms with van der Waals surface area (Å²) in [7, 11) is 0. The van der Waals surface area contributed by atoms with Gasteiger partial charge in [0.25, 0.3) is 0 Å². The Morgan fingerprint density at radius 2 is 1.95 bits per heavy atom. The second-order valence-corrected chi connectivity index (χ2v) is 6.05. The molecular formula is C14H17Cl2NO3. The summed E-state index contributed by atoms with van der Waals surface area (Å²) in [5, 5.41) is 12.8. The minimum absolute atomic E-state index is 0.0588. The number of carbonyl (C=O) groups excluding carboxylic acids is 1. The number of nitrogens with one attached hydrogen (secondary N) is 1. The Labute approximate surface area is 128 Å². The van der Waals surface area contributed by atoms with E-state index < -0.39 is 11.4 Å². The molecule has 0 aliphatic rings. The third-order valence-electron chi connectivity index (χ3n) is 2.91. The van der Waals surface area contributed by atoms with Crippen LogP contribution < -0.4 is 5.32 Å². The number of amides is 1. The second kappa shape index (κ2) is 6.95. The van der Waals surface area contributed by atoms with Gasteiger partial charge >= 0.3 is 5.97 Å². The van der Waals surface area contributed by atoms with Crippen molar-refractivity contribution in [2.75, 3.05) is 6.54 Å². The molecule has 0 fully saturated rings. The van der Waals surface area contributed by atoms with E-state index in [1.54, 1.807) is 18.2 Å². The standard InChI is InChI=1S/C14H17Cl2NO3/c1-14(2,13(19)20)8-12(18)17-6-5-9-3-4-10(15)7-11(9)16/h3-4,7H,5-6,8H2,1-2H3,(H,17,18)(H,19,20). The van der Waals surface area contributed by atoms with Gasteiger partial charge in [-0.3, -0.25) is 9.59 Å².